The van der Waals surface area contributed by atoms with E-state index in [1.165, 1.54) is 12.1 Å². The Hall–Kier alpha value is -3.24. The van der Waals surface area contributed by atoms with Crippen molar-refractivity contribution in [1.29, 1.82) is 5.26 Å². The van der Waals surface area contributed by atoms with Crippen LogP contribution in [0, 0.1) is 33.1 Å². The van der Waals surface area contributed by atoms with Crippen LogP contribution in [-0.2, 0) is 0 Å². The van der Waals surface area contributed by atoms with Crippen molar-refractivity contribution >= 4 is 40.7 Å². The first kappa shape index (κ1) is 15.6. The van der Waals surface area contributed by atoms with E-state index in [0.29, 0.717) is 15.9 Å². The smallest absolute Gasteiger partial charge is 0.269 e. The van der Waals surface area contributed by atoms with Crippen molar-refractivity contribution in [2.75, 3.05) is 0 Å². The molecule has 3 aromatic rings. The number of rotatable bonds is 3. The summed E-state index contributed by atoms with van der Waals surface area (Å²) in [5, 5.41) is 20.2. The second kappa shape index (κ2) is 6.10. The Morgan fingerprint density at radius 2 is 2.04 bits per heavy atom. The number of hydrogen-bond donors (Lipinski definition) is 1. The Morgan fingerprint density at radius 3 is 2.67 bits per heavy atom. The molecule has 0 radical (unpaired) electrons. The lowest BCUT2D eigenvalue weighted by Gasteiger charge is -2.02. The predicted octanol–water partition coefficient (Wildman–Crippen LogP) is 4.44. The van der Waals surface area contributed by atoms with Crippen LogP contribution in [-0.4, -0.2) is 14.5 Å². The van der Waals surface area contributed by atoms with E-state index in [4.69, 9.17) is 12.2 Å². The van der Waals surface area contributed by atoms with Gasteiger partial charge in [0.1, 0.15) is 6.07 Å². The molecule has 1 heterocycles. The predicted molar refractivity (Wildman–Crippen MR) is 94.7 cm³/mol. The highest BCUT2D eigenvalue weighted by atomic mass is 32.1. The Kier molecular flexibility index (Phi) is 3.98. The van der Waals surface area contributed by atoms with Crippen LogP contribution in [0.2, 0.25) is 0 Å². The lowest BCUT2D eigenvalue weighted by atomic mass is 10.1. The van der Waals surface area contributed by atoms with Gasteiger partial charge >= 0.3 is 0 Å². The minimum absolute atomic E-state index is 0.0183. The molecular weight excluding hydrogens is 324 g/mol. The number of non-ortho nitro benzene ring substituents is 1. The fourth-order valence-corrected chi connectivity index (χ4v) is 2.69. The van der Waals surface area contributed by atoms with E-state index < -0.39 is 4.92 Å². The summed E-state index contributed by atoms with van der Waals surface area (Å²) in [5.41, 5.74) is 3.78. The molecule has 0 aliphatic carbocycles. The number of aromatic amines is 1. The normalized spacial score (nSPS) is 11.4. The van der Waals surface area contributed by atoms with Crippen LogP contribution < -0.4 is 0 Å². The maximum Gasteiger partial charge on any atom is 0.269 e. The number of imidazole rings is 1. The molecule has 0 amide bonds. The molecule has 24 heavy (non-hydrogen) atoms. The summed E-state index contributed by atoms with van der Waals surface area (Å²) in [5.74, 6) is 0. The third kappa shape index (κ3) is 2.83. The molecule has 1 aromatic heterocycles. The van der Waals surface area contributed by atoms with Gasteiger partial charge in [0, 0.05) is 18.3 Å². The molecule has 118 valence electrons. The first-order chi connectivity index (χ1) is 11.5. The summed E-state index contributed by atoms with van der Waals surface area (Å²) < 4.78 is 2.20. The summed E-state index contributed by atoms with van der Waals surface area (Å²) in [7, 11) is 0. The molecular formula is C17H12N4O2S. The van der Waals surface area contributed by atoms with Crippen LogP contribution in [0.3, 0.4) is 0 Å². The number of nitrogens with one attached hydrogen (secondary N) is 1. The maximum absolute atomic E-state index is 10.7. The van der Waals surface area contributed by atoms with E-state index in [1.54, 1.807) is 22.9 Å². The van der Waals surface area contributed by atoms with Gasteiger partial charge in [-0.15, -0.1) is 0 Å². The maximum atomic E-state index is 10.7. The molecule has 0 bridgehead atoms. The molecule has 6 nitrogen and oxygen atoms in total. The largest absolute Gasteiger partial charge is 0.330 e. The summed E-state index contributed by atoms with van der Waals surface area (Å²) >= 11 is 5.33. The van der Waals surface area contributed by atoms with Gasteiger partial charge in [0.25, 0.3) is 5.69 Å². The Bertz CT molecular complexity index is 1070. The summed E-state index contributed by atoms with van der Waals surface area (Å²) in [4.78, 5) is 13.4. The number of benzene rings is 2. The van der Waals surface area contributed by atoms with E-state index in [2.05, 4.69) is 11.1 Å². The van der Waals surface area contributed by atoms with Crippen molar-refractivity contribution in [1.82, 2.24) is 9.55 Å². The molecule has 0 fully saturated rings. The lowest BCUT2D eigenvalue weighted by Crippen LogP contribution is -1.91. The number of H-pyrrole nitrogens is 1. The van der Waals surface area contributed by atoms with Gasteiger partial charge in [0.2, 0.25) is 0 Å². The molecule has 0 aliphatic rings. The van der Waals surface area contributed by atoms with Gasteiger partial charge < -0.3 is 4.98 Å². The second-order valence-corrected chi connectivity index (χ2v) is 5.67. The summed E-state index contributed by atoms with van der Waals surface area (Å²) in [6, 6.07) is 13.8. The number of aromatic nitrogens is 2. The molecule has 0 spiro atoms. The van der Waals surface area contributed by atoms with Gasteiger partial charge in [0.05, 0.1) is 21.5 Å². The number of fused-ring (bicyclic) bond motifs is 1. The van der Waals surface area contributed by atoms with Crippen molar-refractivity contribution in [2.24, 2.45) is 0 Å². The molecule has 0 saturated heterocycles. The molecule has 7 heteroatoms. The van der Waals surface area contributed by atoms with Gasteiger partial charge in [-0.3, -0.25) is 14.7 Å². The number of nitro benzene ring substituents is 1. The van der Waals surface area contributed by atoms with Crippen LogP contribution >= 0.6 is 12.2 Å². The second-order valence-electron chi connectivity index (χ2n) is 5.28. The summed E-state index contributed by atoms with van der Waals surface area (Å²) in [6.45, 7) is 1.99. The zero-order valence-corrected chi connectivity index (χ0v) is 13.5. The van der Waals surface area contributed by atoms with Gasteiger partial charge in [-0.1, -0.05) is 6.07 Å². The molecule has 0 atom stereocenters. The quantitative estimate of drug-likeness (QED) is 0.331. The lowest BCUT2D eigenvalue weighted by molar-refractivity contribution is -0.384. The molecule has 0 unspecified atom stereocenters. The van der Waals surface area contributed by atoms with E-state index in [9.17, 15) is 15.4 Å². The van der Waals surface area contributed by atoms with Crippen LogP contribution in [0.25, 0.3) is 22.8 Å². The Balaban J connectivity index is 2.12. The number of nitro groups is 1. The van der Waals surface area contributed by atoms with E-state index in [-0.39, 0.29) is 5.69 Å². The topological polar surface area (TPSA) is 87.7 Å². The zero-order valence-electron chi connectivity index (χ0n) is 12.7. The van der Waals surface area contributed by atoms with E-state index in [1.807, 2.05) is 25.1 Å². The van der Waals surface area contributed by atoms with Crippen LogP contribution in [0.1, 0.15) is 11.1 Å². The van der Waals surface area contributed by atoms with Crippen LogP contribution in [0.15, 0.2) is 42.5 Å². The van der Waals surface area contributed by atoms with Gasteiger partial charge in [-0.05, 0) is 54.5 Å². The van der Waals surface area contributed by atoms with Crippen molar-refractivity contribution in [3.8, 4) is 6.07 Å². The molecule has 0 aliphatic heterocycles. The minimum Gasteiger partial charge on any atom is -0.330 e. The highest BCUT2D eigenvalue weighted by Crippen LogP contribution is 2.22. The highest BCUT2D eigenvalue weighted by molar-refractivity contribution is 7.71. The molecule has 2 aromatic carbocycles. The van der Waals surface area contributed by atoms with Gasteiger partial charge in [-0.2, -0.15) is 5.26 Å². The van der Waals surface area contributed by atoms with E-state index >= 15 is 0 Å². The van der Waals surface area contributed by atoms with E-state index in [0.717, 1.165) is 16.6 Å². The number of nitriles is 1. The van der Waals surface area contributed by atoms with Crippen LogP contribution in [0.5, 0.6) is 0 Å². The third-order valence-corrected chi connectivity index (χ3v) is 3.94. The number of hydrogen-bond acceptors (Lipinski definition) is 4. The van der Waals surface area contributed by atoms with Crippen molar-refractivity contribution < 1.29 is 4.92 Å². The van der Waals surface area contributed by atoms with Crippen molar-refractivity contribution in [2.45, 2.75) is 6.92 Å². The number of allylic oxidation sites excluding steroid dienone is 1. The standard InChI is InChI=1S/C17H12N4O2S/c1-11-2-7-16-15(8-11)19-17(24)20(16)10-13(9-18)12-3-5-14(6-4-12)21(22)23/h2-8,10H,1H3,(H,19,24)/b13-10+. The van der Waals surface area contributed by atoms with Gasteiger partial charge in [0.15, 0.2) is 4.77 Å². The van der Waals surface area contributed by atoms with Crippen molar-refractivity contribution in [3.63, 3.8) is 0 Å². The number of aryl methyl sites for hydroxylation is 1. The first-order valence-corrected chi connectivity index (χ1v) is 7.48. The fourth-order valence-electron chi connectivity index (χ4n) is 2.43. The SMILES string of the molecule is Cc1ccc2c(c1)[nH]c(=S)n2/C=C(\C#N)c1ccc([N+](=O)[O-])cc1. The van der Waals surface area contributed by atoms with Gasteiger partial charge in [-0.25, -0.2) is 0 Å². The Morgan fingerprint density at radius 1 is 1.33 bits per heavy atom. The Labute approximate surface area is 142 Å². The average Bonchev–Trinajstić information content (AvgIpc) is 2.87. The van der Waals surface area contributed by atoms with Crippen molar-refractivity contribution in [3.05, 3.63) is 68.5 Å². The zero-order chi connectivity index (χ0) is 17.3. The average molecular weight is 336 g/mol. The number of nitrogens with zero attached hydrogens (tertiary/aromatic N) is 3. The highest BCUT2D eigenvalue weighted by Gasteiger charge is 2.09. The van der Waals surface area contributed by atoms with Crippen LogP contribution in [0.4, 0.5) is 5.69 Å². The molecule has 1 N–H and O–H groups in total. The summed E-state index contributed by atoms with van der Waals surface area (Å²) in [6.07, 6.45) is 1.64. The first-order valence-electron chi connectivity index (χ1n) is 7.07. The third-order valence-electron chi connectivity index (χ3n) is 3.64. The fraction of sp³-hybridized carbons (Fsp3) is 0.0588. The monoisotopic (exact) mass is 336 g/mol. The minimum atomic E-state index is -0.475. The molecule has 0 saturated carbocycles. The molecule has 3 rings (SSSR count).